The Morgan fingerprint density at radius 2 is 1.96 bits per heavy atom. The summed E-state index contributed by atoms with van der Waals surface area (Å²) in [5.41, 5.74) is 3.86. The van der Waals surface area contributed by atoms with Crippen molar-refractivity contribution < 1.29 is 0 Å². The van der Waals surface area contributed by atoms with Crippen LogP contribution in [0.5, 0.6) is 0 Å². The van der Waals surface area contributed by atoms with E-state index in [0.29, 0.717) is 6.04 Å². The van der Waals surface area contributed by atoms with Gasteiger partial charge in [0.2, 0.25) is 0 Å². The van der Waals surface area contributed by atoms with Gasteiger partial charge in [0.25, 0.3) is 0 Å². The average Bonchev–Trinajstić information content (AvgIpc) is 3.08. The summed E-state index contributed by atoms with van der Waals surface area (Å²) >= 11 is 0. The Labute approximate surface area is 142 Å². The zero-order valence-electron chi connectivity index (χ0n) is 14.0. The van der Waals surface area contributed by atoms with Crippen LogP contribution in [0.25, 0.3) is 5.52 Å². The number of aryl methyl sites for hydroxylation is 1. The standard InChI is InChI=1S/C19H23N5/c1-15-5-2-3-6-16(15)13-23-11-8-17(9-12-23)22-19-18-7-4-10-24(18)21-14-20-19/h2-7,10,14,17H,8-9,11-13H2,1H3,(H,20,21,22). The minimum Gasteiger partial charge on any atom is -0.365 e. The molecule has 1 aromatic carbocycles. The summed E-state index contributed by atoms with van der Waals surface area (Å²) in [6.07, 6.45) is 5.85. The first kappa shape index (κ1) is 15.1. The minimum absolute atomic E-state index is 0.478. The molecule has 1 aliphatic rings. The second-order valence-electron chi connectivity index (χ2n) is 6.57. The third-order valence-electron chi connectivity index (χ3n) is 4.92. The predicted molar refractivity (Wildman–Crippen MR) is 96.1 cm³/mol. The van der Waals surface area contributed by atoms with E-state index < -0.39 is 0 Å². The fourth-order valence-electron chi connectivity index (χ4n) is 3.43. The van der Waals surface area contributed by atoms with Crippen molar-refractivity contribution in [1.29, 1.82) is 0 Å². The van der Waals surface area contributed by atoms with E-state index in [1.165, 1.54) is 11.1 Å². The lowest BCUT2D eigenvalue weighted by molar-refractivity contribution is 0.211. The smallest absolute Gasteiger partial charge is 0.154 e. The molecule has 5 heteroatoms. The number of aromatic nitrogens is 3. The number of piperidine rings is 1. The topological polar surface area (TPSA) is 45.5 Å². The first-order valence-electron chi connectivity index (χ1n) is 8.61. The summed E-state index contributed by atoms with van der Waals surface area (Å²) < 4.78 is 1.86. The van der Waals surface area contributed by atoms with E-state index in [2.05, 4.69) is 57.6 Å². The fourth-order valence-corrected chi connectivity index (χ4v) is 3.43. The SMILES string of the molecule is Cc1ccccc1CN1CCC(Nc2ncnn3cccc23)CC1. The molecule has 1 N–H and O–H groups in total. The molecule has 5 nitrogen and oxygen atoms in total. The quantitative estimate of drug-likeness (QED) is 0.802. The first-order chi connectivity index (χ1) is 11.8. The molecule has 1 fully saturated rings. The highest BCUT2D eigenvalue weighted by molar-refractivity contribution is 5.67. The molecule has 1 aliphatic heterocycles. The zero-order chi connectivity index (χ0) is 16.4. The first-order valence-corrected chi connectivity index (χ1v) is 8.61. The molecule has 24 heavy (non-hydrogen) atoms. The number of benzene rings is 1. The second kappa shape index (κ2) is 6.61. The highest BCUT2D eigenvalue weighted by Gasteiger charge is 2.20. The van der Waals surface area contributed by atoms with Gasteiger partial charge >= 0.3 is 0 Å². The number of rotatable bonds is 4. The molecule has 0 unspecified atom stereocenters. The van der Waals surface area contributed by atoms with E-state index in [0.717, 1.165) is 43.8 Å². The Balaban J connectivity index is 1.36. The number of nitrogens with one attached hydrogen (secondary N) is 1. The molecular formula is C19H23N5. The fraction of sp³-hybridized carbons (Fsp3) is 0.368. The Hall–Kier alpha value is -2.40. The highest BCUT2D eigenvalue weighted by atomic mass is 15.3. The average molecular weight is 321 g/mol. The summed E-state index contributed by atoms with van der Waals surface area (Å²) in [7, 11) is 0. The van der Waals surface area contributed by atoms with E-state index in [4.69, 9.17) is 0 Å². The molecule has 0 bridgehead atoms. The molecule has 0 atom stereocenters. The van der Waals surface area contributed by atoms with Crippen LogP contribution < -0.4 is 5.32 Å². The lowest BCUT2D eigenvalue weighted by atomic mass is 10.0. The summed E-state index contributed by atoms with van der Waals surface area (Å²) in [4.78, 5) is 6.96. The Morgan fingerprint density at radius 1 is 1.12 bits per heavy atom. The number of nitrogens with zero attached hydrogens (tertiary/aromatic N) is 4. The molecule has 0 aliphatic carbocycles. The molecule has 0 spiro atoms. The largest absolute Gasteiger partial charge is 0.365 e. The van der Waals surface area contributed by atoms with E-state index >= 15 is 0 Å². The molecule has 3 heterocycles. The van der Waals surface area contributed by atoms with E-state index in [1.54, 1.807) is 6.33 Å². The van der Waals surface area contributed by atoms with Gasteiger partial charge in [0, 0.05) is 31.9 Å². The zero-order valence-corrected chi connectivity index (χ0v) is 14.0. The van der Waals surface area contributed by atoms with Crippen LogP contribution in [0.15, 0.2) is 48.9 Å². The number of hydrogen-bond acceptors (Lipinski definition) is 4. The van der Waals surface area contributed by atoms with Crippen LogP contribution in [-0.4, -0.2) is 38.6 Å². The van der Waals surface area contributed by atoms with Crippen molar-refractivity contribution in [1.82, 2.24) is 19.5 Å². The summed E-state index contributed by atoms with van der Waals surface area (Å²) in [6.45, 7) is 5.49. The van der Waals surface area contributed by atoms with Gasteiger partial charge in [-0.25, -0.2) is 9.50 Å². The highest BCUT2D eigenvalue weighted by Crippen LogP contribution is 2.20. The number of anilines is 1. The summed E-state index contributed by atoms with van der Waals surface area (Å²) in [6, 6.07) is 13.2. The van der Waals surface area contributed by atoms with Crippen LogP contribution in [0.1, 0.15) is 24.0 Å². The van der Waals surface area contributed by atoms with E-state index in [-0.39, 0.29) is 0 Å². The molecule has 3 aromatic rings. The van der Waals surface area contributed by atoms with Gasteiger partial charge in [0.1, 0.15) is 11.8 Å². The Bertz CT molecular complexity index is 817. The molecule has 0 saturated carbocycles. The molecule has 0 radical (unpaired) electrons. The molecule has 2 aromatic heterocycles. The van der Waals surface area contributed by atoms with Crippen LogP contribution in [0.2, 0.25) is 0 Å². The maximum absolute atomic E-state index is 4.41. The van der Waals surface area contributed by atoms with Crippen LogP contribution in [0.3, 0.4) is 0 Å². The minimum atomic E-state index is 0.478. The van der Waals surface area contributed by atoms with Gasteiger partial charge in [-0.15, -0.1) is 0 Å². The predicted octanol–water partition coefficient (Wildman–Crippen LogP) is 3.11. The van der Waals surface area contributed by atoms with Crippen LogP contribution in [0.4, 0.5) is 5.82 Å². The van der Waals surface area contributed by atoms with Crippen molar-refractivity contribution in [2.75, 3.05) is 18.4 Å². The molecule has 0 amide bonds. The van der Waals surface area contributed by atoms with Gasteiger partial charge in [-0.1, -0.05) is 24.3 Å². The maximum Gasteiger partial charge on any atom is 0.154 e. The Kier molecular flexibility index (Phi) is 4.17. The van der Waals surface area contributed by atoms with Crippen LogP contribution in [0, 0.1) is 6.92 Å². The van der Waals surface area contributed by atoms with E-state index in [1.807, 2.05) is 16.8 Å². The van der Waals surface area contributed by atoms with Crippen LogP contribution in [-0.2, 0) is 6.54 Å². The van der Waals surface area contributed by atoms with Crippen molar-refractivity contribution in [2.24, 2.45) is 0 Å². The maximum atomic E-state index is 4.41. The second-order valence-corrected chi connectivity index (χ2v) is 6.57. The van der Waals surface area contributed by atoms with Crippen molar-refractivity contribution in [3.05, 3.63) is 60.0 Å². The van der Waals surface area contributed by atoms with Crippen LogP contribution >= 0.6 is 0 Å². The number of likely N-dealkylation sites (tertiary alicyclic amines) is 1. The Morgan fingerprint density at radius 3 is 2.79 bits per heavy atom. The normalized spacial score (nSPS) is 16.5. The van der Waals surface area contributed by atoms with Gasteiger partial charge < -0.3 is 5.32 Å². The number of hydrogen-bond donors (Lipinski definition) is 1. The van der Waals surface area contributed by atoms with Crippen molar-refractivity contribution >= 4 is 11.3 Å². The van der Waals surface area contributed by atoms with Gasteiger partial charge in [-0.05, 0) is 43.0 Å². The molecule has 1 saturated heterocycles. The summed E-state index contributed by atoms with van der Waals surface area (Å²) in [5.74, 6) is 0.937. The van der Waals surface area contributed by atoms with E-state index in [9.17, 15) is 0 Å². The van der Waals surface area contributed by atoms with Gasteiger partial charge in [0.05, 0.1) is 0 Å². The lowest BCUT2D eigenvalue weighted by Crippen LogP contribution is -2.39. The number of fused-ring (bicyclic) bond motifs is 1. The van der Waals surface area contributed by atoms with Crippen molar-refractivity contribution in [3.8, 4) is 0 Å². The molecule has 124 valence electrons. The van der Waals surface area contributed by atoms with Crippen molar-refractivity contribution in [2.45, 2.75) is 32.4 Å². The van der Waals surface area contributed by atoms with Gasteiger partial charge in [0.15, 0.2) is 5.82 Å². The third-order valence-corrected chi connectivity index (χ3v) is 4.92. The third kappa shape index (κ3) is 3.12. The van der Waals surface area contributed by atoms with Crippen molar-refractivity contribution in [3.63, 3.8) is 0 Å². The lowest BCUT2D eigenvalue weighted by Gasteiger charge is -2.33. The molecule has 4 rings (SSSR count). The van der Waals surface area contributed by atoms with Gasteiger partial charge in [-0.2, -0.15) is 5.10 Å². The summed E-state index contributed by atoms with van der Waals surface area (Å²) in [5, 5.41) is 7.83. The monoisotopic (exact) mass is 321 g/mol. The molecular weight excluding hydrogens is 298 g/mol. The van der Waals surface area contributed by atoms with Gasteiger partial charge in [-0.3, -0.25) is 4.90 Å².